The number of aliphatic hydroxyl groups excluding tert-OH is 1. The predicted molar refractivity (Wildman–Crippen MR) is 158 cm³/mol. The molecule has 206 valence electrons. The van der Waals surface area contributed by atoms with Crippen LogP contribution < -0.4 is 16.2 Å². The molecule has 0 aliphatic carbocycles. The van der Waals surface area contributed by atoms with E-state index in [2.05, 4.69) is 9.98 Å². The molecule has 1 amide bonds. The summed E-state index contributed by atoms with van der Waals surface area (Å²) < 4.78 is 30.4. The smallest absolute Gasteiger partial charge is 0.280 e. The molecule has 0 spiro atoms. The number of ether oxygens (including phenoxy) is 1. The number of aliphatic hydroxyl groups is 1. The fourth-order valence-electron chi connectivity index (χ4n) is 3.47. The van der Waals surface area contributed by atoms with Crippen LogP contribution in [-0.2, 0) is 9.84 Å². The molecule has 9 nitrogen and oxygen atoms in total. The number of para-hydroxylation sites is 1. The Bertz CT molecular complexity index is 1600. The van der Waals surface area contributed by atoms with Crippen molar-refractivity contribution in [3.05, 3.63) is 90.0 Å². The fraction of sp³-hybridized carbons (Fsp3) is 0.115. The average molecular weight is 610 g/mol. The van der Waals surface area contributed by atoms with E-state index in [4.69, 9.17) is 16.2 Å². The number of carbonyl (C=O) groups is 1. The third-order valence-electron chi connectivity index (χ3n) is 5.28. The van der Waals surface area contributed by atoms with E-state index in [-0.39, 0.29) is 41.0 Å². The van der Waals surface area contributed by atoms with E-state index < -0.39 is 27.8 Å². The largest absolute Gasteiger partial charge is 0.456 e. The van der Waals surface area contributed by atoms with Crippen molar-refractivity contribution in [1.82, 2.24) is 4.98 Å². The Kier molecular flexibility index (Phi) is 11.1. The van der Waals surface area contributed by atoms with Gasteiger partial charge in [0.05, 0.1) is 16.6 Å². The van der Waals surface area contributed by atoms with Crippen LogP contribution >= 0.6 is 36.6 Å². The summed E-state index contributed by atoms with van der Waals surface area (Å²) in [6.45, 7) is 0. The number of sulfone groups is 1. The summed E-state index contributed by atoms with van der Waals surface area (Å²) in [7, 11) is -3.74. The number of nitrogens with two attached hydrogens (primary N) is 2. The maximum atomic E-state index is 12.3. The molecule has 1 aromatic heterocycles. The van der Waals surface area contributed by atoms with Crippen LogP contribution in [0.4, 0.5) is 0 Å². The van der Waals surface area contributed by atoms with Gasteiger partial charge in [-0.1, -0.05) is 36.4 Å². The molecule has 39 heavy (non-hydrogen) atoms. The van der Waals surface area contributed by atoms with Crippen LogP contribution in [0.3, 0.4) is 0 Å². The molecule has 0 radical (unpaired) electrons. The molecule has 1 unspecified atom stereocenters. The number of aromatic nitrogens is 1. The van der Waals surface area contributed by atoms with Crippen molar-refractivity contribution in [1.29, 1.82) is 0 Å². The second-order valence-electron chi connectivity index (χ2n) is 8.12. The van der Waals surface area contributed by atoms with Gasteiger partial charge in [0.15, 0.2) is 15.8 Å². The maximum absolute atomic E-state index is 12.3. The van der Waals surface area contributed by atoms with Gasteiger partial charge in [-0.25, -0.2) is 13.4 Å². The number of carbonyl (C=O) groups excluding carboxylic acids is 1. The summed E-state index contributed by atoms with van der Waals surface area (Å²) in [5.74, 6) is -0.412. The topological polar surface area (TPSA) is 158 Å². The number of guanidine groups is 1. The Labute approximate surface area is 242 Å². The lowest BCUT2D eigenvalue weighted by Gasteiger charge is -2.13. The van der Waals surface area contributed by atoms with Gasteiger partial charge in [0.2, 0.25) is 0 Å². The fourth-order valence-corrected chi connectivity index (χ4v) is 5.13. The number of nitrogens with zero attached hydrogens (tertiary/aromatic N) is 2. The number of fused-ring (bicyclic) bond motifs is 1. The van der Waals surface area contributed by atoms with Crippen LogP contribution in [0.5, 0.6) is 11.5 Å². The Hall–Kier alpha value is -3.35. The normalized spacial score (nSPS) is 11.5. The zero-order valence-electron chi connectivity index (χ0n) is 20.6. The van der Waals surface area contributed by atoms with Crippen molar-refractivity contribution in [3.8, 4) is 11.5 Å². The lowest BCUT2D eigenvalue weighted by molar-refractivity contribution is 0.100. The van der Waals surface area contributed by atoms with Crippen LogP contribution in [0.1, 0.15) is 22.0 Å². The molecule has 0 aliphatic rings. The molecule has 0 fully saturated rings. The average Bonchev–Trinajstić information content (AvgIpc) is 2.86. The Morgan fingerprint density at radius 1 is 1.03 bits per heavy atom. The van der Waals surface area contributed by atoms with Crippen LogP contribution in [0.15, 0.2) is 93.8 Å². The van der Waals surface area contributed by atoms with Crippen molar-refractivity contribution in [2.75, 3.05) is 12.0 Å². The summed E-state index contributed by atoms with van der Waals surface area (Å²) in [5.41, 5.74) is 12.0. The summed E-state index contributed by atoms with van der Waals surface area (Å²) in [4.78, 5) is 19.9. The second kappa shape index (κ2) is 13.6. The van der Waals surface area contributed by atoms with Crippen molar-refractivity contribution >= 4 is 69.2 Å². The number of thioether (sulfide) groups is 1. The molecule has 4 rings (SSSR count). The lowest BCUT2D eigenvalue weighted by Crippen LogP contribution is -2.24. The summed E-state index contributed by atoms with van der Waals surface area (Å²) in [5, 5.41) is 12.5. The quantitative estimate of drug-likeness (QED) is 0.148. The third kappa shape index (κ3) is 8.32. The maximum Gasteiger partial charge on any atom is 0.280 e. The van der Waals surface area contributed by atoms with Gasteiger partial charge in [-0.3, -0.25) is 4.79 Å². The molecule has 1 atom stereocenters. The van der Waals surface area contributed by atoms with E-state index in [1.807, 2.05) is 36.4 Å². The molecule has 1 heterocycles. The van der Waals surface area contributed by atoms with Gasteiger partial charge < -0.3 is 21.3 Å². The van der Waals surface area contributed by atoms with Gasteiger partial charge in [0, 0.05) is 23.0 Å². The highest BCUT2D eigenvalue weighted by atomic mass is 35.5. The first-order chi connectivity index (χ1) is 17.6. The standard InChI is InChI=1S/C26H24N4O5S2.2ClH/c1-37(33,34)23-14-18(25(32)30-26(27)28)8-12-22(23)35-19-10-6-17(7-11-19)21(31)15-36-24-13-9-16-4-2-3-5-20(16)29-24;;/h2-14,21,31H,15H2,1H3,(H4,27,28,30,32);2*1H. The number of aliphatic imine (C=N–C) groups is 1. The molecule has 0 saturated heterocycles. The zero-order chi connectivity index (χ0) is 26.6. The van der Waals surface area contributed by atoms with Crippen LogP contribution in [0.2, 0.25) is 0 Å². The first kappa shape index (κ1) is 31.9. The Morgan fingerprint density at radius 2 is 1.72 bits per heavy atom. The first-order valence-electron chi connectivity index (χ1n) is 11.0. The number of halogens is 2. The minimum Gasteiger partial charge on any atom is -0.456 e. The van der Waals surface area contributed by atoms with Gasteiger partial charge in [0.1, 0.15) is 16.4 Å². The number of pyridine rings is 1. The number of hydrogen-bond acceptors (Lipinski definition) is 7. The minimum atomic E-state index is -3.74. The highest BCUT2D eigenvalue weighted by Gasteiger charge is 2.19. The van der Waals surface area contributed by atoms with E-state index in [1.54, 1.807) is 24.3 Å². The van der Waals surface area contributed by atoms with Crippen molar-refractivity contribution in [2.45, 2.75) is 16.0 Å². The Morgan fingerprint density at radius 3 is 2.38 bits per heavy atom. The molecule has 13 heteroatoms. The monoisotopic (exact) mass is 608 g/mol. The highest BCUT2D eigenvalue weighted by Crippen LogP contribution is 2.32. The van der Waals surface area contributed by atoms with Crippen LogP contribution in [-0.4, -0.2) is 42.4 Å². The Balaban J connectivity index is 0.00000267. The van der Waals surface area contributed by atoms with E-state index >= 15 is 0 Å². The second-order valence-corrected chi connectivity index (χ2v) is 11.1. The summed E-state index contributed by atoms with van der Waals surface area (Å²) in [6, 6.07) is 22.3. The number of amides is 1. The van der Waals surface area contributed by atoms with E-state index in [9.17, 15) is 18.3 Å². The number of hydrogen-bond donors (Lipinski definition) is 3. The third-order valence-corrected chi connectivity index (χ3v) is 7.40. The summed E-state index contributed by atoms with van der Waals surface area (Å²) >= 11 is 1.45. The van der Waals surface area contributed by atoms with Crippen LogP contribution in [0, 0.1) is 0 Å². The van der Waals surface area contributed by atoms with E-state index in [0.29, 0.717) is 17.1 Å². The van der Waals surface area contributed by atoms with Gasteiger partial charge >= 0.3 is 0 Å². The lowest BCUT2D eigenvalue weighted by atomic mass is 10.1. The van der Waals surface area contributed by atoms with Gasteiger partial charge in [0.25, 0.3) is 5.91 Å². The molecular formula is C26H26Cl2N4O5S2. The van der Waals surface area contributed by atoms with E-state index in [0.717, 1.165) is 28.3 Å². The summed E-state index contributed by atoms with van der Waals surface area (Å²) in [6.07, 6.45) is 0.255. The van der Waals surface area contributed by atoms with Crippen molar-refractivity contribution in [3.63, 3.8) is 0 Å². The number of benzene rings is 3. The molecule has 4 aromatic rings. The van der Waals surface area contributed by atoms with Crippen molar-refractivity contribution < 1.29 is 23.1 Å². The van der Waals surface area contributed by atoms with Crippen LogP contribution in [0.25, 0.3) is 10.9 Å². The SMILES string of the molecule is CS(=O)(=O)c1cc(C(=O)N=C(N)N)ccc1Oc1ccc(C(O)CSc2ccc3ccccc3n2)cc1.Cl.Cl. The molecule has 0 bridgehead atoms. The molecule has 0 saturated carbocycles. The molecule has 0 aliphatic heterocycles. The minimum absolute atomic E-state index is 0. The molecule has 3 aromatic carbocycles. The first-order valence-corrected chi connectivity index (χ1v) is 13.9. The van der Waals surface area contributed by atoms with Crippen molar-refractivity contribution in [2.24, 2.45) is 16.5 Å². The number of rotatable bonds is 8. The highest BCUT2D eigenvalue weighted by molar-refractivity contribution is 7.99. The van der Waals surface area contributed by atoms with Gasteiger partial charge in [-0.2, -0.15) is 4.99 Å². The molecule has 5 N–H and O–H groups in total. The van der Waals surface area contributed by atoms with Gasteiger partial charge in [-0.15, -0.1) is 36.6 Å². The molecular weight excluding hydrogens is 583 g/mol. The van der Waals surface area contributed by atoms with Gasteiger partial charge in [-0.05, 0) is 48.0 Å². The zero-order valence-corrected chi connectivity index (χ0v) is 23.8. The van der Waals surface area contributed by atoms with E-state index in [1.165, 1.54) is 23.9 Å². The predicted octanol–water partition coefficient (Wildman–Crippen LogP) is 4.51.